The van der Waals surface area contributed by atoms with Crippen molar-refractivity contribution in [2.24, 2.45) is 0 Å². The maximum atomic E-state index is 6.00. The van der Waals surface area contributed by atoms with Gasteiger partial charge >= 0.3 is 0 Å². The summed E-state index contributed by atoms with van der Waals surface area (Å²) >= 11 is 13.3. The zero-order chi connectivity index (χ0) is 21.5. The molecule has 0 amide bonds. The fraction of sp³-hybridized carbons (Fsp3) is 0.261. The molecule has 2 heterocycles. The molecule has 0 atom stereocenters. The van der Waals surface area contributed by atoms with Gasteiger partial charge in [0.2, 0.25) is 0 Å². The van der Waals surface area contributed by atoms with Crippen LogP contribution < -0.4 is 19.8 Å². The molecule has 1 aliphatic heterocycles. The van der Waals surface area contributed by atoms with Crippen LogP contribution in [-0.2, 0) is 5.41 Å². The van der Waals surface area contributed by atoms with Crippen LogP contribution in [0.4, 0.5) is 0 Å². The molecule has 4 rings (SSSR count). The first-order valence-electron chi connectivity index (χ1n) is 10.1. The number of halogens is 2. The Hall–Kier alpha value is -1.80. The van der Waals surface area contributed by atoms with Crippen LogP contribution in [-0.4, -0.2) is 24.6 Å². The van der Waals surface area contributed by atoms with E-state index in [0.29, 0.717) is 15.8 Å². The lowest BCUT2D eigenvalue weighted by Gasteiger charge is -2.38. The predicted molar refractivity (Wildman–Crippen MR) is 129 cm³/mol. The molecule has 1 saturated heterocycles. The van der Waals surface area contributed by atoms with E-state index < -0.39 is 0 Å². The van der Waals surface area contributed by atoms with Crippen LogP contribution in [0.2, 0.25) is 10.0 Å². The van der Waals surface area contributed by atoms with E-state index in [1.54, 1.807) is 24.4 Å². The molecule has 3 aromatic rings. The lowest BCUT2D eigenvalue weighted by Crippen LogP contribution is -2.45. The van der Waals surface area contributed by atoms with Crippen molar-refractivity contribution in [3.63, 3.8) is 0 Å². The quantitative estimate of drug-likeness (QED) is 0.230. The highest BCUT2D eigenvalue weighted by molar-refractivity contribution is 7.95. The van der Waals surface area contributed by atoms with E-state index >= 15 is 0 Å². The Bertz CT molecular complexity index is 962. The van der Waals surface area contributed by atoms with Crippen LogP contribution in [0.3, 0.4) is 0 Å². The van der Waals surface area contributed by atoms with Gasteiger partial charge in [-0.05, 0) is 54.8 Å². The first kappa shape index (κ1) is 22.4. The van der Waals surface area contributed by atoms with E-state index in [2.05, 4.69) is 50.2 Å². The topological polar surface area (TPSA) is 58.2 Å². The summed E-state index contributed by atoms with van der Waals surface area (Å²) in [6.07, 6.45) is 5.82. The standard InChI is InChI=1S/C23H24Cl2N4OS/c24-20-12-21(25)14-22(13-20)30-29-31-28-16-23(7-10-26-11-8-23)19-5-3-17(4-6-19)18-2-1-9-27-15-18/h1-6,9,12-15,26,28-29H,7-8,10-11,16H2. The average molecular weight is 475 g/mol. The van der Waals surface area contributed by atoms with Crippen LogP contribution in [0.1, 0.15) is 18.4 Å². The summed E-state index contributed by atoms with van der Waals surface area (Å²) in [4.78, 5) is 12.6. The Balaban J connectivity index is 1.37. The van der Waals surface area contributed by atoms with Crippen molar-refractivity contribution in [1.82, 2.24) is 19.9 Å². The molecule has 0 bridgehead atoms. The highest BCUT2D eigenvalue weighted by Crippen LogP contribution is 2.34. The molecule has 0 aliphatic carbocycles. The van der Waals surface area contributed by atoms with Crippen LogP contribution in [0.25, 0.3) is 11.1 Å². The van der Waals surface area contributed by atoms with Crippen molar-refractivity contribution in [3.05, 3.63) is 82.6 Å². The summed E-state index contributed by atoms with van der Waals surface area (Å²) in [5.74, 6) is 0.564. The van der Waals surface area contributed by atoms with Crippen LogP contribution >= 0.6 is 35.3 Å². The fourth-order valence-corrected chi connectivity index (χ4v) is 4.93. The fourth-order valence-electron chi connectivity index (χ4n) is 3.88. The monoisotopic (exact) mass is 474 g/mol. The second kappa shape index (κ2) is 10.7. The number of benzene rings is 2. The summed E-state index contributed by atoms with van der Waals surface area (Å²) in [5.41, 5.74) is 3.72. The largest absolute Gasteiger partial charge is 0.397 e. The highest BCUT2D eigenvalue weighted by atomic mass is 35.5. The van der Waals surface area contributed by atoms with Gasteiger partial charge in [-0.3, -0.25) is 4.98 Å². The van der Waals surface area contributed by atoms with E-state index in [-0.39, 0.29) is 5.41 Å². The van der Waals surface area contributed by atoms with Gasteiger partial charge in [-0.25, -0.2) is 4.72 Å². The lowest BCUT2D eigenvalue weighted by atomic mass is 9.73. The van der Waals surface area contributed by atoms with Crippen molar-refractivity contribution in [2.45, 2.75) is 18.3 Å². The van der Waals surface area contributed by atoms with Gasteiger partial charge in [0.1, 0.15) is 0 Å². The number of hydrogen-bond donors (Lipinski definition) is 3. The van der Waals surface area contributed by atoms with Crippen LogP contribution in [0, 0.1) is 0 Å². The molecule has 0 spiro atoms. The van der Waals surface area contributed by atoms with E-state index in [0.717, 1.165) is 38.0 Å². The summed E-state index contributed by atoms with van der Waals surface area (Å²) in [6.45, 7) is 2.82. The molecule has 1 fully saturated rings. The molecular formula is C23H24Cl2N4OS. The molecule has 1 aliphatic rings. The van der Waals surface area contributed by atoms with E-state index in [4.69, 9.17) is 28.0 Å². The minimum absolute atomic E-state index is 0.0623. The number of aromatic nitrogens is 1. The van der Waals surface area contributed by atoms with Crippen molar-refractivity contribution >= 4 is 35.3 Å². The molecule has 2 aromatic carbocycles. The second-order valence-corrected chi connectivity index (χ2v) is 9.10. The molecular weight excluding hydrogens is 451 g/mol. The zero-order valence-corrected chi connectivity index (χ0v) is 19.2. The van der Waals surface area contributed by atoms with E-state index in [1.165, 1.54) is 23.3 Å². The third-order valence-electron chi connectivity index (χ3n) is 5.57. The smallest absolute Gasteiger partial charge is 0.151 e. The Morgan fingerprint density at radius 3 is 2.42 bits per heavy atom. The zero-order valence-electron chi connectivity index (χ0n) is 16.9. The molecule has 31 heavy (non-hydrogen) atoms. The third kappa shape index (κ3) is 5.92. The van der Waals surface area contributed by atoms with Crippen LogP contribution in [0.5, 0.6) is 5.75 Å². The van der Waals surface area contributed by atoms with Crippen molar-refractivity contribution in [3.8, 4) is 16.9 Å². The highest BCUT2D eigenvalue weighted by Gasteiger charge is 2.33. The number of nitrogens with zero attached hydrogens (tertiary/aromatic N) is 1. The van der Waals surface area contributed by atoms with Gasteiger partial charge in [0.15, 0.2) is 5.75 Å². The Labute approximate surface area is 197 Å². The number of hydrogen-bond acceptors (Lipinski definition) is 6. The lowest BCUT2D eigenvalue weighted by molar-refractivity contribution is 0.280. The van der Waals surface area contributed by atoms with Gasteiger partial charge in [0.25, 0.3) is 0 Å². The minimum Gasteiger partial charge on any atom is -0.397 e. The van der Waals surface area contributed by atoms with Gasteiger partial charge in [0, 0.05) is 58.7 Å². The normalized spacial score (nSPS) is 15.5. The molecule has 5 nitrogen and oxygen atoms in total. The maximum absolute atomic E-state index is 6.00. The number of nitrogens with one attached hydrogen (secondary N) is 3. The van der Waals surface area contributed by atoms with Crippen LogP contribution in [0.15, 0.2) is 67.0 Å². The first-order chi connectivity index (χ1) is 15.1. The van der Waals surface area contributed by atoms with Crippen molar-refractivity contribution in [2.75, 3.05) is 19.6 Å². The van der Waals surface area contributed by atoms with E-state index in [9.17, 15) is 0 Å². The first-order valence-corrected chi connectivity index (χ1v) is 11.7. The number of piperidine rings is 1. The minimum atomic E-state index is 0.0623. The molecule has 0 saturated carbocycles. The Morgan fingerprint density at radius 1 is 1.00 bits per heavy atom. The summed E-state index contributed by atoms with van der Waals surface area (Å²) in [7, 11) is 0. The molecule has 162 valence electrons. The van der Waals surface area contributed by atoms with Gasteiger partial charge < -0.3 is 10.2 Å². The Morgan fingerprint density at radius 2 is 1.74 bits per heavy atom. The number of pyridine rings is 1. The van der Waals surface area contributed by atoms with E-state index in [1.807, 2.05) is 12.3 Å². The predicted octanol–water partition coefficient (Wildman–Crippen LogP) is 5.41. The third-order valence-corrected chi connectivity index (χ3v) is 6.46. The van der Waals surface area contributed by atoms with Crippen molar-refractivity contribution < 1.29 is 4.84 Å². The van der Waals surface area contributed by atoms with Gasteiger partial charge in [-0.15, -0.1) is 0 Å². The summed E-state index contributed by atoms with van der Waals surface area (Å²) in [5, 5.41) is 4.54. The van der Waals surface area contributed by atoms with Gasteiger partial charge in [-0.2, -0.15) is 0 Å². The summed E-state index contributed by atoms with van der Waals surface area (Å²) in [6, 6.07) is 18.0. The molecule has 3 N–H and O–H groups in total. The molecule has 1 aromatic heterocycles. The second-order valence-electron chi connectivity index (χ2n) is 7.56. The van der Waals surface area contributed by atoms with Crippen molar-refractivity contribution in [1.29, 1.82) is 0 Å². The Kier molecular flexibility index (Phi) is 7.72. The summed E-state index contributed by atoms with van der Waals surface area (Å²) < 4.78 is 3.42. The molecule has 0 radical (unpaired) electrons. The van der Waals surface area contributed by atoms with Gasteiger partial charge in [-0.1, -0.05) is 58.4 Å². The number of rotatable bonds is 8. The SMILES string of the molecule is Clc1cc(Cl)cc(ONSNCC2(c3ccc(-c4cccnc4)cc3)CCNCC2)c1. The van der Waals surface area contributed by atoms with Gasteiger partial charge in [0.05, 0.1) is 0 Å². The average Bonchev–Trinajstić information content (AvgIpc) is 2.80. The molecule has 0 unspecified atom stereocenters. The molecule has 8 heteroatoms. The maximum Gasteiger partial charge on any atom is 0.151 e.